The van der Waals surface area contributed by atoms with Crippen molar-refractivity contribution in [2.45, 2.75) is 43.5 Å². The average Bonchev–Trinajstić information content (AvgIpc) is 3.25. The van der Waals surface area contributed by atoms with E-state index in [9.17, 15) is 8.42 Å². The first kappa shape index (κ1) is 15.3. The van der Waals surface area contributed by atoms with Gasteiger partial charge in [-0.25, -0.2) is 0 Å². The molecule has 2 aliphatic heterocycles. The Morgan fingerprint density at radius 3 is 2.83 bits per heavy atom. The molecule has 8 heteroatoms. The summed E-state index contributed by atoms with van der Waals surface area (Å²) < 4.78 is 33.9. The van der Waals surface area contributed by atoms with E-state index in [0.717, 1.165) is 19.4 Å². The summed E-state index contributed by atoms with van der Waals surface area (Å²) in [7, 11) is -3.62. The summed E-state index contributed by atoms with van der Waals surface area (Å²) in [6.45, 7) is 4.71. The van der Waals surface area contributed by atoms with Gasteiger partial charge in [-0.15, -0.1) is 4.40 Å². The number of aromatic nitrogens is 2. The van der Waals surface area contributed by atoms with Crippen molar-refractivity contribution in [3.8, 4) is 0 Å². The summed E-state index contributed by atoms with van der Waals surface area (Å²) in [4.78, 5) is 6.73. The number of hydrogen-bond acceptors (Lipinski definition) is 6. The van der Waals surface area contributed by atoms with Crippen LogP contribution < -0.4 is 0 Å². The largest absolute Gasteiger partial charge is 0.345 e. The lowest BCUT2D eigenvalue weighted by Crippen LogP contribution is -2.31. The third-order valence-electron chi connectivity index (χ3n) is 4.39. The van der Waals surface area contributed by atoms with Crippen LogP contribution in [-0.4, -0.2) is 35.8 Å². The fourth-order valence-corrected chi connectivity index (χ4v) is 4.42. The van der Waals surface area contributed by atoms with Gasteiger partial charge in [-0.2, -0.15) is 13.4 Å². The first-order chi connectivity index (χ1) is 11.5. The molecule has 1 atom stereocenters. The SMILES string of the molecule is CC(C)c1nc(C2CCCN2C2=NS(=O)(=O)c3ccccc32)no1. The Balaban J connectivity index is 1.73. The van der Waals surface area contributed by atoms with E-state index in [1.807, 2.05) is 24.8 Å². The fraction of sp³-hybridized carbons (Fsp3) is 0.438. The third-order valence-corrected chi connectivity index (χ3v) is 5.71. The average molecular weight is 346 g/mol. The fourth-order valence-electron chi connectivity index (χ4n) is 3.20. The van der Waals surface area contributed by atoms with Gasteiger partial charge in [0.2, 0.25) is 5.89 Å². The normalized spacial score (nSPS) is 22.0. The van der Waals surface area contributed by atoms with Crippen LogP contribution in [0.2, 0.25) is 0 Å². The number of nitrogens with zero attached hydrogens (tertiary/aromatic N) is 4. The number of amidine groups is 1. The molecule has 1 aromatic heterocycles. The summed E-state index contributed by atoms with van der Waals surface area (Å²) >= 11 is 0. The van der Waals surface area contributed by atoms with Crippen molar-refractivity contribution >= 4 is 15.9 Å². The molecule has 1 unspecified atom stereocenters. The van der Waals surface area contributed by atoms with E-state index in [1.54, 1.807) is 18.2 Å². The summed E-state index contributed by atoms with van der Waals surface area (Å²) in [5.74, 6) is 1.84. The molecule has 4 rings (SSSR count). The molecule has 1 fully saturated rings. The zero-order valence-corrected chi connectivity index (χ0v) is 14.3. The van der Waals surface area contributed by atoms with Gasteiger partial charge in [0.15, 0.2) is 11.7 Å². The molecule has 7 nitrogen and oxygen atoms in total. The van der Waals surface area contributed by atoms with E-state index in [2.05, 4.69) is 14.5 Å². The summed E-state index contributed by atoms with van der Waals surface area (Å²) in [6.07, 6.45) is 1.77. The highest BCUT2D eigenvalue weighted by molar-refractivity contribution is 7.90. The van der Waals surface area contributed by atoms with Crippen LogP contribution in [0.1, 0.15) is 55.9 Å². The number of hydrogen-bond donors (Lipinski definition) is 0. The number of fused-ring (bicyclic) bond motifs is 1. The van der Waals surface area contributed by atoms with Crippen LogP contribution in [0.25, 0.3) is 0 Å². The van der Waals surface area contributed by atoms with Crippen molar-refractivity contribution in [1.82, 2.24) is 15.0 Å². The first-order valence-electron chi connectivity index (χ1n) is 8.02. The Bertz CT molecular complexity index is 917. The van der Waals surface area contributed by atoms with Crippen LogP contribution in [0.15, 0.2) is 38.1 Å². The van der Waals surface area contributed by atoms with E-state index >= 15 is 0 Å². The molecule has 0 bridgehead atoms. The molecule has 126 valence electrons. The zero-order chi connectivity index (χ0) is 16.9. The predicted octanol–water partition coefficient (Wildman–Crippen LogP) is 2.48. The van der Waals surface area contributed by atoms with Crippen LogP contribution >= 0.6 is 0 Å². The van der Waals surface area contributed by atoms with Gasteiger partial charge >= 0.3 is 0 Å². The minimum Gasteiger partial charge on any atom is -0.345 e. The second kappa shape index (κ2) is 5.41. The Morgan fingerprint density at radius 1 is 1.29 bits per heavy atom. The molecule has 24 heavy (non-hydrogen) atoms. The van der Waals surface area contributed by atoms with Crippen LogP contribution in [0.5, 0.6) is 0 Å². The second-order valence-electron chi connectivity index (χ2n) is 6.38. The maximum atomic E-state index is 12.3. The van der Waals surface area contributed by atoms with Gasteiger partial charge in [0, 0.05) is 18.0 Å². The number of rotatable bonds is 2. The van der Waals surface area contributed by atoms with Crippen LogP contribution in [0.3, 0.4) is 0 Å². The second-order valence-corrected chi connectivity index (χ2v) is 7.96. The molecule has 0 saturated carbocycles. The van der Waals surface area contributed by atoms with Gasteiger partial charge in [-0.05, 0) is 25.0 Å². The van der Waals surface area contributed by atoms with Gasteiger partial charge in [0.05, 0.1) is 6.04 Å². The monoisotopic (exact) mass is 346 g/mol. The Labute approximate surface area is 140 Å². The molecule has 0 N–H and O–H groups in total. The molecule has 0 spiro atoms. The first-order valence-corrected chi connectivity index (χ1v) is 9.46. The Morgan fingerprint density at radius 2 is 2.08 bits per heavy atom. The molecule has 0 amide bonds. The minimum atomic E-state index is -3.62. The van der Waals surface area contributed by atoms with Crippen LogP contribution in [0, 0.1) is 0 Å². The van der Waals surface area contributed by atoms with E-state index in [4.69, 9.17) is 4.52 Å². The van der Waals surface area contributed by atoms with Gasteiger partial charge < -0.3 is 9.42 Å². The van der Waals surface area contributed by atoms with E-state index < -0.39 is 10.0 Å². The molecule has 2 aliphatic rings. The predicted molar refractivity (Wildman–Crippen MR) is 87.2 cm³/mol. The maximum absolute atomic E-state index is 12.3. The molecule has 1 aromatic carbocycles. The van der Waals surface area contributed by atoms with E-state index in [-0.39, 0.29) is 16.9 Å². The number of sulfonamides is 1. The van der Waals surface area contributed by atoms with E-state index in [0.29, 0.717) is 23.1 Å². The highest BCUT2D eigenvalue weighted by atomic mass is 32.2. The molecule has 1 saturated heterocycles. The van der Waals surface area contributed by atoms with Gasteiger partial charge in [-0.3, -0.25) is 0 Å². The highest BCUT2D eigenvalue weighted by Crippen LogP contribution is 2.36. The topological polar surface area (TPSA) is 88.7 Å². The zero-order valence-electron chi connectivity index (χ0n) is 13.5. The van der Waals surface area contributed by atoms with Crippen molar-refractivity contribution in [3.05, 3.63) is 41.5 Å². The Kier molecular flexibility index (Phi) is 3.45. The molecule has 3 heterocycles. The highest BCUT2D eigenvalue weighted by Gasteiger charge is 2.38. The van der Waals surface area contributed by atoms with Crippen molar-refractivity contribution in [1.29, 1.82) is 0 Å². The standard InChI is InChI=1S/C16H18N4O3S/c1-10(2)16-17-14(18-23-16)12-7-5-9-20(12)15-11-6-3-4-8-13(11)24(21,22)19-15/h3-4,6,8,10,12H,5,7,9H2,1-2H3. The van der Waals surface area contributed by atoms with Gasteiger partial charge in [0.25, 0.3) is 10.0 Å². The van der Waals surface area contributed by atoms with Gasteiger partial charge in [0.1, 0.15) is 4.90 Å². The smallest absolute Gasteiger partial charge is 0.285 e. The molecule has 0 aliphatic carbocycles. The molecule has 0 radical (unpaired) electrons. The lowest BCUT2D eigenvalue weighted by atomic mass is 10.1. The molecule has 2 aromatic rings. The number of benzene rings is 1. The van der Waals surface area contributed by atoms with Crippen LogP contribution in [0.4, 0.5) is 0 Å². The van der Waals surface area contributed by atoms with Crippen molar-refractivity contribution in [3.63, 3.8) is 0 Å². The van der Waals surface area contributed by atoms with E-state index in [1.165, 1.54) is 0 Å². The minimum absolute atomic E-state index is 0.110. The lowest BCUT2D eigenvalue weighted by Gasteiger charge is -2.24. The third kappa shape index (κ3) is 2.32. The Hall–Kier alpha value is -2.22. The molecular formula is C16H18N4O3S. The lowest BCUT2D eigenvalue weighted by molar-refractivity contribution is 0.336. The quantitative estimate of drug-likeness (QED) is 0.830. The summed E-state index contributed by atoms with van der Waals surface area (Å²) in [5, 5.41) is 4.10. The summed E-state index contributed by atoms with van der Waals surface area (Å²) in [5.41, 5.74) is 0.650. The van der Waals surface area contributed by atoms with Crippen molar-refractivity contribution in [2.75, 3.05) is 6.54 Å². The van der Waals surface area contributed by atoms with Gasteiger partial charge in [-0.1, -0.05) is 31.1 Å². The maximum Gasteiger partial charge on any atom is 0.285 e. The van der Waals surface area contributed by atoms with Crippen molar-refractivity contribution < 1.29 is 12.9 Å². The molecular weight excluding hydrogens is 328 g/mol. The van der Waals surface area contributed by atoms with Crippen LogP contribution in [-0.2, 0) is 10.0 Å². The summed E-state index contributed by atoms with van der Waals surface area (Å²) in [6, 6.07) is 6.82. The number of likely N-dealkylation sites (tertiary alicyclic amines) is 1. The van der Waals surface area contributed by atoms with Crippen molar-refractivity contribution in [2.24, 2.45) is 4.40 Å².